The van der Waals surface area contributed by atoms with Crippen LogP contribution in [0.25, 0.3) is 0 Å². The number of anilines is 1. The first-order chi connectivity index (χ1) is 14.8. The van der Waals surface area contributed by atoms with E-state index in [1.165, 1.54) is 38.0 Å². The van der Waals surface area contributed by atoms with Crippen molar-refractivity contribution < 1.29 is 27.5 Å². The Morgan fingerprint density at radius 1 is 1.13 bits per heavy atom. The number of carbonyl (C=O) groups excluding carboxylic acids is 2. The smallest absolute Gasteiger partial charge is 0.343 e. The molecule has 0 N–H and O–H groups in total. The van der Waals surface area contributed by atoms with Crippen molar-refractivity contribution in [2.75, 3.05) is 32.2 Å². The lowest BCUT2D eigenvalue weighted by Gasteiger charge is -2.28. The maximum Gasteiger partial charge on any atom is 0.343 e. The van der Waals surface area contributed by atoms with E-state index < -0.39 is 20.9 Å². The monoisotopic (exact) mass is 462 g/mol. The van der Waals surface area contributed by atoms with Crippen molar-refractivity contribution in [1.29, 1.82) is 0 Å². The number of amides is 1. The van der Waals surface area contributed by atoms with Gasteiger partial charge in [-0.3, -0.25) is 9.69 Å². The predicted molar refractivity (Wildman–Crippen MR) is 116 cm³/mol. The average Bonchev–Trinajstić information content (AvgIpc) is 3.27. The van der Waals surface area contributed by atoms with Gasteiger partial charge in [-0.15, -0.1) is 0 Å². The van der Waals surface area contributed by atoms with Crippen molar-refractivity contribution in [2.45, 2.75) is 27.5 Å². The Kier molecular flexibility index (Phi) is 5.71. The molecular formula is C21H22N2O6S2. The molecule has 0 aliphatic carbocycles. The number of hydrogen-bond acceptors (Lipinski definition) is 7. The van der Waals surface area contributed by atoms with E-state index in [0.717, 1.165) is 14.9 Å². The lowest BCUT2D eigenvalue weighted by molar-refractivity contribution is -0.147. The third kappa shape index (κ3) is 3.79. The van der Waals surface area contributed by atoms with Gasteiger partial charge in [0, 0.05) is 31.8 Å². The molecule has 2 aromatic rings. The van der Waals surface area contributed by atoms with Crippen molar-refractivity contribution in [3.63, 3.8) is 0 Å². The molecule has 2 aliphatic heterocycles. The number of fused-ring (bicyclic) bond motifs is 3. The summed E-state index contributed by atoms with van der Waals surface area (Å²) < 4.78 is 36.4. The summed E-state index contributed by atoms with van der Waals surface area (Å²) in [5.74, 6) is -0.0822. The molecular weight excluding hydrogens is 440 g/mol. The third-order valence-electron chi connectivity index (χ3n) is 5.18. The zero-order valence-electron chi connectivity index (χ0n) is 17.1. The summed E-state index contributed by atoms with van der Waals surface area (Å²) in [5, 5.41) is 0. The first kappa shape index (κ1) is 21.7. The second kappa shape index (κ2) is 8.18. The zero-order chi connectivity index (χ0) is 22.2. The van der Waals surface area contributed by atoms with Crippen LogP contribution in [0.15, 0.2) is 58.3 Å². The highest BCUT2D eigenvalue weighted by Gasteiger charge is 2.58. The Hall–Kier alpha value is -2.56. The van der Waals surface area contributed by atoms with Gasteiger partial charge in [-0.25, -0.2) is 17.5 Å². The number of para-hydroxylation sites is 1. The molecule has 1 atom stereocenters. The number of hydrogen-bond donors (Lipinski definition) is 0. The summed E-state index contributed by atoms with van der Waals surface area (Å²) in [6.07, 6.45) is 0.696. The highest BCUT2D eigenvalue weighted by atomic mass is 32.2. The molecule has 0 aromatic heterocycles. The minimum absolute atomic E-state index is 0.0112. The predicted octanol–water partition coefficient (Wildman–Crippen LogP) is 2.49. The third-order valence-corrected chi connectivity index (χ3v) is 8.47. The molecule has 2 aliphatic rings. The average molecular weight is 463 g/mol. The molecule has 10 heteroatoms. The Bertz CT molecular complexity index is 1120. The van der Waals surface area contributed by atoms with E-state index in [-0.39, 0.29) is 24.0 Å². The van der Waals surface area contributed by atoms with Crippen LogP contribution in [0.1, 0.15) is 12.8 Å². The zero-order valence-corrected chi connectivity index (χ0v) is 18.7. The first-order valence-electron chi connectivity index (χ1n) is 9.69. The molecule has 2 heterocycles. The fraction of sp³-hybridized carbons (Fsp3) is 0.333. The van der Waals surface area contributed by atoms with Crippen LogP contribution in [0, 0.1) is 0 Å². The molecule has 2 aromatic carbocycles. The highest BCUT2D eigenvalue weighted by Crippen LogP contribution is 2.56. The number of ether oxygens (including phenoxy) is 2. The maximum absolute atomic E-state index is 12.9. The number of esters is 1. The highest BCUT2D eigenvalue weighted by molar-refractivity contribution is 8.02. The van der Waals surface area contributed by atoms with Gasteiger partial charge in [0.2, 0.25) is 15.9 Å². The van der Waals surface area contributed by atoms with Gasteiger partial charge in [0.25, 0.3) is 0 Å². The second-order valence-corrected chi connectivity index (χ2v) is 10.8. The molecule has 4 rings (SSSR count). The van der Waals surface area contributed by atoms with E-state index in [9.17, 15) is 18.0 Å². The molecule has 1 amide bonds. The summed E-state index contributed by atoms with van der Waals surface area (Å²) in [4.78, 5) is 26.9. The quantitative estimate of drug-likeness (QED) is 0.461. The van der Waals surface area contributed by atoms with E-state index in [2.05, 4.69) is 0 Å². The number of rotatable bonds is 7. The van der Waals surface area contributed by atoms with Crippen LogP contribution < -0.4 is 9.64 Å². The summed E-state index contributed by atoms with van der Waals surface area (Å²) in [6, 6.07) is 13.5. The Morgan fingerprint density at radius 2 is 1.84 bits per heavy atom. The number of carbonyl (C=O) groups is 2. The fourth-order valence-electron chi connectivity index (χ4n) is 3.60. The lowest BCUT2D eigenvalue weighted by atomic mass is 10.2. The number of nitrogens with zero attached hydrogens (tertiary/aromatic N) is 2. The largest absolute Gasteiger partial charge is 0.490 e. The van der Waals surface area contributed by atoms with Crippen LogP contribution in [0.4, 0.5) is 5.69 Å². The van der Waals surface area contributed by atoms with Crippen molar-refractivity contribution in [3.8, 4) is 5.75 Å². The standard InChI is InChI=1S/C21H22N2O6S2/c1-22(2)31(26,27)16-9-7-15(8-10-16)28-13-14-29-20(25)21-12-11-19(24)23(21)17-5-3-4-6-18(17)30-21/h3-10H,11-14H2,1-2H3. The van der Waals surface area contributed by atoms with E-state index in [1.807, 2.05) is 24.3 Å². The van der Waals surface area contributed by atoms with Crippen molar-refractivity contribution in [2.24, 2.45) is 0 Å². The van der Waals surface area contributed by atoms with Crippen LogP contribution in [-0.4, -0.2) is 56.8 Å². The van der Waals surface area contributed by atoms with Crippen molar-refractivity contribution in [3.05, 3.63) is 48.5 Å². The lowest BCUT2D eigenvalue weighted by Crippen LogP contribution is -2.48. The van der Waals surface area contributed by atoms with E-state index in [0.29, 0.717) is 18.6 Å². The van der Waals surface area contributed by atoms with Gasteiger partial charge in [0.05, 0.1) is 10.6 Å². The molecule has 1 fully saturated rings. The molecule has 1 saturated heterocycles. The molecule has 0 spiro atoms. The summed E-state index contributed by atoms with van der Waals surface area (Å²) >= 11 is 1.36. The van der Waals surface area contributed by atoms with Crippen LogP contribution in [0.2, 0.25) is 0 Å². The van der Waals surface area contributed by atoms with Gasteiger partial charge >= 0.3 is 5.97 Å². The first-order valence-corrected chi connectivity index (χ1v) is 11.9. The van der Waals surface area contributed by atoms with Crippen LogP contribution >= 0.6 is 11.8 Å². The van der Waals surface area contributed by atoms with Gasteiger partial charge in [-0.05, 0) is 36.4 Å². The van der Waals surface area contributed by atoms with E-state index in [1.54, 1.807) is 17.0 Å². The minimum atomic E-state index is -3.50. The van der Waals surface area contributed by atoms with Crippen LogP contribution in [0.3, 0.4) is 0 Å². The summed E-state index contributed by atoms with van der Waals surface area (Å²) in [6.45, 7) is 0.116. The normalized spacial score (nSPS) is 20.0. The van der Waals surface area contributed by atoms with Crippen LogP contribution in [-0.2, 0) is 24.3 Å². The number of sulfonamides is 1. The van der Waals surface area contributed by atoms with Crippen LogP contribution in [0.5, 0.6) is 5.75 Å². The topological polar surface area (TPSA) is 93.2 Å². The molecule has 31 heavy (non-hydrogen) atoms. The molecule has 164 valence electrons. The van der Waals surface area contributed by atoms with E-state index >= 15 is 0 Å². The molecule has 0 bridgehead atoms. The van der Waals surface area contributed by atoms with E-state index in [4.69, 9.17) is 9.47 Å². The molecule has 0 saturated carbocycles. The summed E-state index contributed by atoms with van der Waals surface area (Å²) in [7, 11) is -0.570. The summed E-state index contributed by atoms with van der Waals surface area (Å²) in [5.41, 5.74) is 0.746. The molecule has 1 unspecified atom stereocenters. The van der Waals surface area contributed by atoms with Crippen molar-refractivity contribution >= 4 is 39.3 Å². The SMILES string of the molecule is CN(C)S(=O)(=O)c1ccc(OCCOC(=O)C23CCC(=O)N2c2ccccc2S3)cc1. The van der Waals surface area contributed by atoms with Gasteiger partial charge in [0.1, 0.15) is 19.0 Å². The maximum atomic E-state index is 12.9. The minimum Gasteiger partial charge on any atom is -0.490 e. The molecule has 8 nitrogen and oxygen atoms in total. The second-order valence-electron chi connectivity index (χ2n) is 7.33. The van der Waals surface area contributed by atoms with Crippen molar-refractivity contribution in [1.82, 2.24) is 4.31 Å². The Balaban J connectivity index is 1.35. The van der Waals surface area contributed by atoms with Gasteiger partial charge in [0.15, 0.2) is 4.87 Å². The van der Waals surface area contributed by atoms with Gasteiger partial charge < -0.3 is 9.47 Å². The van der Waals surface area contributed by atoms with Gasteiger partial charge in [-0.2, -0.15) is 0 Å². The number of benzene rings is 2. The number of thioether (sulfide) groups is 1. The van der Waals surface area contributed by atoms with Gasteiger partial charge in [-0.1, -0.05) is 23.9 Å². The fourth-order valence-corrected chi connectivity index (χ4v) is 5.91. The Morgan fingerprint density at radius 3 is 2.55 bits per heavy atom. The Labute approximate surface area is 185 Å². The molecule has 0 radical (unpaired) electrons.